The number of nitrogens with one attached hydrogen (secondary N) is 1. The Kier molecular flexibility index (Phi) is 4.27. The van der Waals surface area contributed by atoms with E-state index in [1.54, 1.807) is 29.8 Å². The largest absolute Gasteiger partial charge is 0.416 e. The lowest BCUT2D eigenvalue weighted by atomic mass is 10.0. The van der Waals surface area contributed by atoms with Crippen molar-refractivity contribution in [1.29, 1.82) is 0 Å². The highest BCUT2D eigenvalue weighted by molar-refractivity contribution is 7.13. The Bertz CT molecular complexity index is 1040. The highest BCUT2D eigenvalue weighted by Gasteiger charge is 2.31. The van der Waals surface area contributed by atoms with E-state index in [1.165, 1.54) is 17.4 Å². The maximum Gasteiger partial charge on any atom is 0.416 e. The molecule has 2 heterocycles. The minimum atomic E-state index is -4.42. The van der Waals surface area contributed by atoms with E-state index in [9.17, 15) is 18.0 Å². The van der Waals surface area contributed by atoms with Crippen molar-refractivity contribution in [3.63, 3.8) is 0 Å². The van der Waals surface area contributed by atoms with E-state index in [0.717, 1.165) is 17.7 Å². The van der Waals surface area contributed by atoms with Gasteiger partial charge in [0.2, 0.25) is 0 Å². The molecule has 1 aromatic heterocycles. The van der Waals surface area contributed by atoms with E-state index in [0.29, 0.717) is 34.1 Å². The van der Waals surface area contributed by atoms with Gasteiger partial charge in [-0.25, -0.2) is 4.98 Å². The number of hydrogen-bond acceptors (Lipinski definition) is 4. The zero-order valence-corrected chi connectivity index (χ0v) is 14.6. The van der Waals surface area contributed by atoms with Gasteiger partial charge in [0.15, 0.2) is 5.13 Å². The molecule has 4 rings (SSSR count). The summed E-state index contributed by atoms with van der Waals surface area (Å²) in [5.41, 5.74) is 1.83. The fourth-order valence-electron chi connectivity index (χ4n) is 2.90. The van der Waals surface area contributed by atoms with E-state index >= 15 is 0 Å². The van der Waals surface area contributed by atoms with E-state index in [1.807, 2.05) is 6.07 Å². The zero-order chi connectivity index (χ0) is 19.0. The van der Waals surface area contributed by atoms with Crippen LogP contribution in [-0.4, -0.2) is 16.6 Å². The Balaban J connectivity index is 1.67. The van der Waals surface area contributed by atoms with Crippen LogP contribution in [-0.2, 0) is 12.6 Å². The van der Waals surface area contributed by atoms with Gasteiger partial charge in [0.25, 0.3) is 5.91 Å². The summed E-state index contributed by atoms with van der Waals surface area (Å²) in [5.74, 6) is -0.351. The normalized spacial score (nSPS) is 13.2. The molecule has 1 N–H and O–H groups in total. The fraction of sp³-hybridized carbons (Fsp3) is 0.105. The van der Waals surface area contributed by atoms with Crippen LogP contribution in [0.2, 0.25) is 0 Å². The first-order valence-electron chi connectivity index (χ1n) is 8.00. The second kappa shape index (κ2) is 6.62. The van der Waals surface area contributed by atoms with E-state index in [2.05, 4.69) is 15.3 Å². The van der Waals surface area contributed by atoms with E-state index < -0.39 is 11.7 Å². The van der Waals surface area contributed by atoms with Crippen LogP contribution in [0.4, 0.5) is 24.0 Å². The molecule has 4 nitrogen and oxygen atoms in total. The molecule has 3 aromatic rings. The topological polar surface area (TPSA) is 54.4 Å². The molecule has 27 heavy (non-hydrogen) atoms. The third-order valence-electron chi connectivity index (χ3n) is 4.14. The number of alkyl halides is 3. The molecule has 2 aromatic carbocycles. The molecule has 0 saturated carbocycles. The number of para-hydroxylation sites is 1. The zero-order valence-electron chi connectivity index (χ0n) is 13.7. The highest BCUT2D eigenvalue weighted by atomic mass is 32.1. The predicted octanol–water partition coefficient (Wildman–Crippen LogP) is 5.09. The van der Waals surface area contributed by atoms with Crippen molar-refractivity contribution in [2.24, 2.45) is 4.99 Å². The molecule has 0 spiro atoms. The number of amides is 1. The second-order valence-corrected chi connectivity index (χ2v) is 6.81. The Labute approximate surface area is 156 Å². The number of aliphatic imine (C=N–C) groups is 1. The number of fused-ring (bicyclic) bond motifs is 1. The minimum Gasteiger partial charge on any atom is -0.298 e. The number of anilines is 1. The van der Waals surface area contributed by atoms with Crippen LogP contribution in [0.25, 0.3) is 0 Å². The molecule has 0 radical (unpaired) electrons. The molecule has 0 fully saturated rings. The molecule has 136 valence electrons. The lowest BCUT2D eigenvalue weighted by molar-refractivity contribution is -0.137. The van der Waals surface area contributed by atoms with Crippen molar-refractivity contribution in [3.8, 4) is 0 Å². The average molecular weight is 387 g/mol. The van der Waals surface area contributed by atoms with E-state index in [4.69, 9.17) is 0 Å². The Morgan fingerprint density at radius 3 is 2.70 bits per heavy atom. The summed E-state index contributed by atoms with van der Waals surface area (Å²) < 4.78 is 38.9. The number of carbonyl (C=O) groups excluding carboxylic acids is 1. The molecular weight excluding hydrogens is 375 g/mol. The number of nitrogens with zero attached hydrogens (tertiary/aromatic N) is 2. The van der Waals surface area contributed by atoms with Crippen molar-refractivity contribution in [1.82, 2.24) is 4.98 Å². The number of hydrogen-bond donors (Lipinski definition) is 1. The van der Waals surface area contributed by atoms with Crippen LogP contribution >= 0.6 is 11.3 Å². The first-order valence-corrected chi connectivity index (χ1v) is 8.88. The first-order chi connectivity index (χ1) is 12.9. The van der Waals surface area contributed by atoms with Gasteiger partial charge in [-0.05, 0) is 29.3 Å². The second-order valence-electron chi connectivity index (χ2n) is 5.92. The van der Waals surface area contributed by atoms with Crippen molar-refractivity contribution in [2.75, 3.05) is 5.32 Å². The van der Waals surface area contributed by atoms with Crippen LogP contribution in [0.5, 0.6) is 0 Å². The van der Waals surface area contributed by atoms with Gasteiger partial charge in [0, 0.05) is 18.0 Å². The van der Waals surface area contributed by atoms with Gasteiger partial charge in [-0.15, -0.1) is 11.3 Å². The summed E-state index contributed by atoms with van der Waals surface area (Å²) in [7, 11) is 0. The van der Waals surface area contributed by atoms with Crippen molar-refractivity contribution < 1.29 is 18.0 Å². The SMILES string of the molecule is O=C(Nc1nccs1)c1cccc2c1N=C(c1cccc(C(F)(F)F)c1)C2. The molecule has 1 aliphatic rings. The summed E-state index contributed by atoms with van der Waals surface area (Å²) >= 11 is 1.30. The summed E-state index contributed by atoms with van der Waals surface area (Å²) in [5, 5.41) is 4.92. The number of benzene rings is 2. The Morgan fingerprint density at radius 2 is 1.96 bits per heavy atom. The Morgan fingerprint density at radius 1 is 1.15 bits per heavy atom. The van der Waals surface area contributed by atoms with Gasteiger partial charge in [0.05, 0.1) is 22.5 Å². The summed E-state index contributed by atoms with van der Waals surface area (Å²) in [6.45, 7) is 0. The van der Waals surface area contributed by atoms with E-state index in [-0.39, 0.29) is 5.91 Å². The first kappa shape index (κ1) is 17.4. The number of thiazole rings is 1. The van der Waals surface area contributed by atoms with Crippen molar-refractivity contribution in [3.05, 3.63) is 76.3 Å². The predicted molar refractivity (Wildman–Crippen MR) is 97.9 cm³/mol. The monoisotopic (exact) mass is 387 g/mol. The molecule has 0 atom stereocenters. The average Bonchev–Trinajstić information content (AvgIpc) is 3.30. The maximum atomic E-state index is 13.0. The van der Waals surface area contributed by atoms with Crippen LogP contribution < -0.4 is 5.32 Å². The molecular formula is C19H12F3N3OS. The van der Waals surface area contributed by atoms with Gasteiger partial charge < -0.3 is 0 Å². The number of carbonyl (C=O) groups is 1. The van der Waals surface area contributed by atoms with Crippen molar-refractivity contribution in [2.45, 2.75) is 12.6 Å². The number of halogens is 3. The number of rotatable bonds is 3. The fourth-order valence-corrected chi connectivity index (χ4v) is 3.42. The summed E-state index contributed by atoms with van der Waals surface area (Å²) in [6, 6.07) is 10.3. The lowest BCUT2D eigenvalue weighted by Crippen LogP contribution is -2.11. The maximum absolute atomic E-state index is 13.0. The molecule has 0 saturated heterocycles. The van der Waals surface area contributed by atoms with Gasteiger partial charge in [0.1, 0.15) is 0 Å². The third kappa shape index (κ3) is 3.48. The standard InChI is InChI=1S/C19H12F3N3OS/c20-19(21,22)13-5-1-3-11(9-13)15-10-12-4-2-6-14(16(12)24-15)17(26)25-18-23-7-8-27-18/h1-9H,10H2,(H,23,25,26). The molecule has 8 heteroatoms. The number of aromatic nitrogens is 1. The van der Waals surface area contributed by atoms with Gasteiger partial charge >= 0.3 is 6.18 Å². The lowest BCUT2D eigenvalue weighted by Gasteiger charge is -2.08. The highest BCUT2D eigenvalue weighted by Crippen LogP contribution is 2.35. The van der Waals surface area contributed by atoms with Crippen LogP contribution in [0, 0.1) is 0 Å². The van der Waals surface area contributed by atoms with Crippen LogP contribution in [0.15, 0.2) is 59.0 Å². The molecule has 0 bridgehead atoms. The Hall–Kier alpha value is -3.00. The smallest absolute Gasteiger partial charge is 0.298 e. The summed E-state index contributed by atoms with van der Waals surface area (Å²) in [4.78, 5) is 21.0. The van der Waals surface area contributed by atoms with Crippen LogP contribution in [0.1, 0.15) is 27.0 Å². The van der Waals surface area contributed by atoms with Crippen LogP contribution in [0.3, 0.4) is 0 Å². The molecule has 0 unspecified atom stereocenters. The van der Waals surface area contributed by atoms with Gasteiger partial charge in [-0.3, -0.25) is 15.1 Å². The quantitative estimate of drug-likeness (QED) is 0.681. The van der Waals surface area contributed by atoms with Crippen molar-refractivity contribution >= 4 is 33.8 Å². The van der Waals surface area contributed by atoms with Gasteiger partial charge in [-0.1, -0.05) is 24.3 Å². The summed E-state index contributed by atoms with van der Waals surface area (Å²) in [6.07, 6.45) is -2.46. The minimum absolute atomic E-state index is 0.351. The molecule has 0 aliphatic carbocycles. The molecule has 1 aliphatic heterocycles. The molecule has 1 amide bonds. The van der Waals surface area contributed by atoms with Gasteiger partial charge in [-0.2, -0.15) is 13.2 Å². The third-order valence-corrected chi connectivity index (χ3v) is 4.83.